The molecule has 0 unspecified atom stereocenters. The van der Waals surface area contributed by atoms with E-state index < -0.39 is 0 Å². The van der Waals surface area contributed by atoms with Gasteiger partial charge in [0.15, 0.2) is 0 Å². The molecule has 4 nitrogen and oxygen atoms in total. The smallest absolute Gasteiger partial charge is 0.239 e. The quantitative estimate of drug-likeness (QED) is 0.773. The number of hydrogen-bond acceptors (Lipinski definition) is 4. The number of aromatic nitrogens is 2. The topological polar surface area (TPSA) is 61.0 Å². The third-order valence-corrected chi connectivity index (χ3v) is 3.01. The Labute approximate surface area is 114 Å². The van der Waals surface area contributed by atoms with Gasteiger partial charge in [0.25, 0.3) is 0 Å². The van der Waals surface area contributed by atoms with Gasteiger partial charge in [0, 0.05) is 15.8 Å². The number of halogens is 1. The van der Waals surface area contributed by atoms with Crippen molar-refractivity contribution >= 4 is 28.2 Å². The van der Waals surface area contributed by atoms with E-state index in [2.05, 4.69) is 9.97 Å². The molecule has 94 valence electrons. The Balaban J connectivity index is 2.09. The molecule has 0 spiro atoms. The molecule has 0 aliphatic carbocycles. The number of anilines is 1. The predicted molar refractivity (Wildman–Crippen MR) is 75.5 cm³/mol. The van der Waals surface area contributed by atoms with Crippen LogP contribution in [0.5, 0.6) is 11.6 Å². The minimum absolute atomic E-state index is 0.316. The second kappa shape index (κ2) is 4.74. The summed E-state index contributed by atoms with van der Waals surface area (Å²) in [5.41, 5.74) is 5.57. The number of benzene rings is 2. The number of hydrogen-bond donors (Lipinski definition) is 1. The number of nitrogens with two attached hydrogens (primary N) is 1. The molecule has 0 bridgehead atoms. The van der Waals surface area contributed by atoms with Crippen LogP contribution in [0.4, 0.5) is 5.82 Å². The van der Waals surface area contributed by atoms with Crippen molar-refractivity contribution in [1.29, 1.82) is 0 Å². The maximum atomic E-state index is 6.15. The Kier molecular flexibility index (Phi) is 2.93. The zero-order valence-electron chi connectivity index (χ0n) is 9.88. The fourth-order valence-corrected chi connectivity index (χ4v) is 2.08. The van der Waals surface area contributed by atoms with Crippen LogP contribution in [0, 0.1) is 0 Å². The van der Waals surface area contributed by atoms with Crippen LogP contribution in [-0.2, 0) is 0 Å². The highest BCUT2D eigenvalue weighted by Gasteiger charge is 2.07. The van der Waals surface area contributed by atoms with Gasteiger partial charge in [-0.3, -0.25) is 4.98 Å². The summed E-state index contributed by atoms with van der Waals surface area (Å²) in [7, 11) is 0. The van der Waals surface area contributed by atoms with Crippen LogP contribution in [0.1, 0.15) is 0 Å². The number of ether oxygens (including phenoxy) is 1. The maximum Gasteiger partial charge on any atom is 0.239 e. The van der Waals surface area contributed by atoms with Crippen LogP contribution in [-0.4, -0.2) is 9.97 Å². The maximum absolute atomic E-state index is 6.15. The fraction of sp³-hybridized carbons (Fsp3) is 0. The van der Waals surface area contributed by atoms with Gasteiger partial charge in [-0.2, -0.15) is 4.98 Å². The lowest BCUT2D eigenvalue weighted by atomic mass is 10.1. The van der Waals surface area contributed by atoms with E-state index in [-0.39, 0.29) is 0 Å². The molecule has 2 N–H and O–H groups in total. The van der Waals surface area contributed by atoms with Crippen molar-refractivity contribution in [3.05, 3.63) is 53.8 Å². The van der Waals surface area contributed by atoms with Crippen LogP contribution >= 0.6 is 11.6 Å². The van der Waals surface area contributed by atoms with E-state index in [1.54, 1.807) is 12.1 Å². The van der Waals surface area contributed by atoms with Gasteiger partial charge in [-0.25, -0.2) is 0 Å². The van der Waals surface area contributed by atoms with Gasteiger partial charge in [-0.15, -0.1) is 0 Å². The molecule has 0 aliphatic rings. The third kappa shape index (κ3) is 2.30. The SMILES string of the molecule is Nc1cncc(Oc2ccc(Cl)c3ccccc23)n1. The summed E-state index contributed by atoms with van der Waals surface area (Å²) < 4.78 is 5.72. The van der Waals surface area contributed by atoms with Gasteiger partial charge < -0.3 is 10.5 Å². The first-order valence-electron chi connectivity index (χ1n) is 5.66. The molecule has 0 atom stereocenters. The Hall–Kier alpha value is -2.33. The number of nitrogen functional groups attached to an aromatic ring is 1. The van der Waals surface area contributed by atoms with Gasteiger partial charge in [0.2, 0.25) is 5.88 Å². The lowest BCUT2D eigenvalue weighted by Crippen LogP contribution is -1.95. The summed E-state index contributed by atoms with van der Waals surface area (Å²) in [6.45, 7) is 0. The van der Waals surface area contributed by atoms with E-state index >= 15 is 0 Å². The standard InChI is InChI=1S/C14H10ClN3O/c15-11-5-6-12(10-4-2-1-3-9(10)11)19-14-8-17-7-13(16)18-14/h1-8H,(H2,16,18). The predicted octanol–water partition coefficient (Wildman–Crippen LogP) is 3.66. The van der Waals surface area contributed by atoms with Crippen LogP contribution in [0.25, 0.3) is 10.8 Å². The highest BCUT2D eigenvalue weighted by Crippen LogP contribution is 2.33. The fourth-order valence-electron chi connectivity index (χ4n) is 1.85. The molecule has 0 aliphatic heterocycles. The van der Waals surface area contributed by atoms with Crippen molar-refractivity contribution in [1.82, 2.24) is 9.97 Å². The van der Waals surface area contributed by atoms with E-state index in [4.69, 9.17) is 22.1 Å². The number of nitrogens with zero attached hydrogens (tertiary/aromatic N) is 2. The first-order valence-corrected chi connectivity index (χ1v) is 6.04. The molecule has 0 saturated carbocycles. The van der Waals surface area contributed by atoms with Crippen LogP contribution in [0.2, 0.25) is 5.02 Å². The summed E-state index contributed by atoms with van der Waals surface area (Å²) in [6, 6.07) is 11.3. The number of rotatable bonds is 2. The zero-order valence-corrected chi connectivity index (χ0v) is 10.6. The average Bonchev–Trinajstić information content (AvgIpc) is 2.42. The lowest BCUT2D eigenvalue weighted by molar-refractivity contribution is 0.466. The monoisotopic (exact) mass is 271 g/mol. The van der Waals surface area contributed by atoms with Gasteiger partial charge in [0.05, 0.1) is 12.4 Å². The van der Waals surface area contributed by atoms with Crippen molar-refractivity contribution in [2.24, 2.45) is 0 Å². The molecule has 1 aromatic heterocycles. The van der Waals surface area contributed by atoms with Gasteiger partial charge in [0.1, 0.15) is 11.6 Å². The van der Waals surface area contributed by atoms with Crippen LogP contribution in [0.3, 0.4) is 0 Å². The first kappa shape index (κ1) is 11.7. The summed E-state index contributed by atoms with van der Waals surface area (Å²) in [5, 5.41) is 2.53. The van der Waals surface area contributed by atoms with Crippen molar-refractivity contribution < 1.29 is 4.74 Å². The van der Waals surface area contributed by atoms with E-state index in [1.165, 1.54) is 12.4 Å². The molecular weight excluding hydrogens is 262 g/mol. The molecule has 3 rings (SSSR count). The van der Waals surface area contributed by atoms with E-state index in [0.717, 1.165) is 10.8 Å². The molecule has 1 heterocycles. The van der Waals surface area contributed by atoms with Gasteiger partial charge >= 0.3 is 0 Å². The van der Waals surface area contributed by atoms with Crippen molar-refractivity contribution in [3.8, 4) is 11.6 Å². The Bertz CT molecular complexity index is 746. The molecule has 0 amide bonds. The molecule has 2 aromatic carbocycles. The van der Waals surface area contributed by atoms with Crippen molar-refractivity contribution in [2.45, 2.75) is 0 Å². The first-order chi connectivity index (χ1) is 9.24. The molecule has 19 heavy (non-hydrogen) atoms. The van der Waals surface area contributed by atoms with Gasteiger partial charge in [-0.05, 0) is 12.1 Å². The van der Waals surface area contributed by atoms with E-state index in [9.17, 15) is 0 Å². The summed E-state index contributed by atoms with van der Waals surface area (Å²) in [6.07, 6.45) is 2.98. The highest BCUT2D eigenvalue weighted by molar-refractivity contribution is 6.35. The second-order valence-corrected chi connectivity index (χ2v) is 4.38. The Morgan fingerprint density at radius 1 is 1.00 bits per heavy atom. The molecule has 5 heteroatoms. The number of fused-ring (bicyclic) bond motifs is 1. The highest BCUT2D eigenvalue weighted by atomic mass is 35.5. The lowest BCUT2D eigenvalue weighted by Gasteiger charge is -2.09. The zero-order chi connectivity index (χ0) is 13.2. The molecule has 3 aromatic rings. The minimum atomic E-state index is 0.316. The van der Waals surface area contributed by atoms with E-state index in [0.29, 0.717) is 22.5 Å². The summed E-state index contributed by atoms with van der Waals surface area (Å²) in [4.78, 5) is 8.00. The average molecular weight is 272 g/mol. The van der Waals surface area contributed by atoms with Crippen LogP contribution < -0.4 is 10.5 Å². The molecule has 0 fully saturated rings. The largest absolute Gasteiger partial charge is 0.437 e. The molecular formula is C14H10ClN3O. The second-order valence-electron chi connectivity index (χ2n) is 3.98. The summed E-state index contributed by atoms with van der Waals surface area (Å²) >= 11 is 6.15. The minimum Gasteiger partial charge on any atom is -0.437 e. The van der Waals surface area contributed by atoms with Crippen molar-refractivity contribution in [3.63, 3.8) is 0 Å². The third-order valence-electron chi connectivity index (χ3n) is 2.68. The normalized spacial score (nSPS) is 10.6. The van der Waals surface area contributed by atoms with Crippen LogP contribution in [0.15, 0.2) is 48.8 Å². The molecule has 0 saturated heterocycles. The van der Waals surface area contributed by atoms with E-state index in [1.807, 2.05) is 24.3 Å². The Morgan fingerprint density at radius 3 is 2.58 bits per heavy atom. The Morgan fingerprint density at radius 2 is 1.79 bits per heavy atom. The molecule has 0 radical (unpaired) electrons. The summed E-state index contributed by atoms with van der Waals surface area (Å²) in [5.74, 6) is 1.34. The van der Waals surface area contributed by atoms with Crippen molar-refractivity contribution in [2.75, 3.05) is 5.73 Å². The van der Waals surface area contributed by atoms with Gasteiger partial charge in [-0.1, -0.05) is 35.9 Å².